The topological polar surface area (TPSA) is 75.7 Å². The molecule has 4 rings (SSSR count). The number of hydrogen-bond acceptors (Lipinski definition) is 4. The predicted octanol–water partition coefficient (Wildman–Crippen LogP) is 5.76. The Balaban J connectivity index is 1.59. The highest BCUT2D eigenvalue weighted by Gasteiger charge is 2.28. The van der Waals surface area contributed by atoms with E-state index in [1.165, 1.54) is 34.7 Å². The van der Waals surface area contributed by atoms with Crippen LogP contribution in [0.4, 0.5) is 5.69 Å². The molecule has 0 saturated carbocycles. The van der Waals surface area contributed by atoms with Gasteiger partial charge in [-0.1, -0.05) is 72.3 Å². The van der Waals surface area contributed by atoms with Crippen LogP contribution in [0.5, 0.6) is 5.75 Å². The number of amides is 1. The second-order valence-electron chi connectivity index (χ2n) is 9.04. The minimum atomic E-state index is -4.00. The molecule has 0 saturated heterocycles. The molecule has 0 aliphatic heterocycles. The van der Waals surface area contributed by atoms with Crippen LogP contribution in [0.25, 0.3) is 0 Å². The molecule has 0 fully saturated rings. The largest absolute Gasteiger partial charge is 0.497 e. The van der Waals surface area contributed by atoms with Crippen molar-refractivity contribution >= 4 is 21.6 Å². The Labute approximate surface area is 225 Å². The molecule has 0 radical (unpaired) electrons. The van der Waals surface area contributed by atoms with Crippen LogP contribution in [-0.2, 0) is 23.0 Å². The fourth-order valence-electron chi connectivity index (χ4n) is 4.15. The fraction of sp³-hybridized carbons (Fsp3) is 0.194. The Bertz CT molecular complexity index is 1450. The SMILES string of the molecule is COc1ccc(S(=O)(=O)N(Cc2ccccc2)c2ccccc2C(=O)NCCCc2ccc(C)cc2)cc1. The maximum absolute atomic E-state index is 13.9. The number of aryl methyl sites for hydroxylation is 2. The number of hydrogen-bond donors (Lipinski definition) is 1. The Hall–Kier alpha value is -4.10. The molecule has 7 heteroatoms. The number of methoxy groups -OCH3 is 1. The van der Waals surface area contributed by atoms with Crippen molar-refractivity contribution in [3.05, 3.63) is 125 Å². The van der Waals surface area contributed by atoms with Gasteiger partial charge in [-0.25, -0.2) is 8.42 Å². The second kappa shape index (κ2) is 12.4. The van der Waals surface area contributed by atoms with E-state index in [4.69, 9.17) is 4.74 Å². The van der Waals surface area contributed by atoms with Gasteiger partial charge in [-0.2, -0.15) is 0 Å². The molecule has 1 N–H and O–H groups in total. The van der Waals surface area contributed by atoms with Crippen molar-refractivity contribution in [1.29, 1.82) is 0 Å². The van der Waals surface area contributed by atoms with Gasteiger partial charge in [-0.05, 0) is 67.3 Å². The molecule has 0 aromatic heterocycles. The first kappa shape index (κ1) is 26.9. The van der Waals surface area contributed by atoms with Gasteiger partial charge in [0.2, 0.25) is 0 Å². The van der Waals surface area contributed by atoms with E-state index >= 15 is 0 Å². The number of carbonyl (C=O) groups excluding carboxylic acids is 1. The zero-order valence-electron chi connectivity index (χ0n) is 21.6. The maximum atomic E-state index is 13.9. The first-order valence-corrected chi connectivity index (χ1v) is 14.0. The van der Waals surface area contributed by atoms with Gasteiger partial charge in [-0.15, -0.1) is 0 Å². The van der Waals surface area contributed by atoms with Crippen molar-refractivity contribution in [2.24, 2.45) is 0 Å². The number of ether oxygens (including phenoxy) is 1. The highest BCUT2D eigenvalue weighted by Crippen LogP contribution is 2.30. The Kier molecular flexibility index (Phi) is 8.81. The molecule has 0 aliphatic carbocycles. The van der Waals surface area contributed by atoms with Crippen LogP contribution in [-0.4, -0.2) is 28.0 Å². The lowest BCUT2D eigenvalue weighted by molar-refractivity contribution is 0.0954. The van der Waals surface area contributed by atoms with Crippen LogP contribution in [0.3, 0.4) is 0 Å². The Morgan fingerprint density at radius 3 is 2.16 bits per heavy atom. The third-order valence-corrected chi connectivity index (χ3v) is 8.06. The third-order valence-electron chi connectivity index (χ3n) is 6.28. The Morgan fingerprint density at radius 2 is 1.47 bits per heavy atom. The lowest BCUT2D eigenvalue weighted by Crippen LogP contribution is -2.33. The molecule has 4 aromatic carbocycles. The van der Waals surface area contributed by atoms with Crippen molar-refractivity contribution in [1.82, 2.24) is 5.32 Å². The number of carbonyl (C=O) groups is 1. The van der Waals surface area contributed by atoms with E-state index in [2.05, 4.69) is 36.5 Å². The van der Waals surface area contributed by atoms with Crippen LogP contribution in [0.1, 0.15) is 33.5 Å². The van der Waals surface area contributed by atoms with Crippen LogP contribution in [0.15, 0.2) is 108 Å². The molecule has 38 heavy (non-hydrogen) atoms. The van der Waals surface area contributed by atoms with Gasteiger partial charge in [0, 0.05) is 6.54 Å². The number of rotatable bonds is 11. The molecule has 1 amide bonds. The number of nitrogens with zero attached hydrogens (tertiary/aromatic N) is 1. The molecule has 0 atom stereocenters. The molecule has 0 spiro atoms. The standard InChI is InChI=1S/C31H32N2O4S/c1-24-14-16-25(17-15-24)11-8-22-32-31(34)29-12-6-7-13-30(29)33(23-26-9-4-3-5-10-26)38(35,36)28-20-18-27(37-2)19-21-28/h3-7,9-10,12-21H,8,11,22-23H2,1-2H3,(H,32,34). The quantitative estimate of drug-likeness (QED) is 0.251. The summed E-state index contributed by atoms with van der Waals surface area (Å²) in [5.41, 5.74) is 3.85. The van der Waals surface area contributed by atoms with Crippen LogP contribution in [0, 0.1) is 6.92 Å². The number of nitrogens with one attached hydrogen (secondary N) is 1. The van der Waals surface area contributed by atoms with Gasteiger partial charge in [-0.3, -0.25) is 9.10 Å². The highest BCUT2D eigenvalue weighted by molar-refractivity contribution is 7.92. The average molecular weight is 529 g/mol. The van der Waals surface area contributed by atoms with Crippen molar-refractivity contribution in [2.75, 3.05) is 18.0 Å². The normalized spacial score (nSPS) is 11.1. The van der Waals surface area contributed by atoms with Crippen LogP contribution < -0.4 is 14.4 Å². The van der Waals surface area contributed by atoms with Gasteiger partial charge in [0.25, 0.3) is 15.9 Å². The molecule has 6 nitrogen and oxygen atoms in total. The number of sulfonamides is 1. The van der Waals surface area contributed by atoms with E-state index < -0.39 is 10.0 Å². The summed E-state index contributed by atoms with van der Waals surface area (Å²) < 4.78 is 34.3. The zero-order chi connectivity index (χ0) is 27.0. The minimum Gasteiger partial charge on any atom is -0.497 e. The molecule has 196 valence electrons. The third kappa shape index (κ3) is 6.61. The predicted molar refractivity (Wildman–Crippen MR) is 151 cm³/mol. The summed E-state index contributed by atoms with van der Waals surface area (Å²) in [6.07, 6.45) is 1.61. The molecule has 0 heterocycles. The van der Waals surface area contributed by atoms with Crippen molar-refractivity contribution in [2.45, 2.75) is 31.2 Å². The van der Waals surface area contributed by atoms with Crippen molar-refractivity contribution in [3.63, 3.8) is 0 Å². The summed E-state index contributed by atoms with van der Waals surface area (Å²) >= 11 is 0. The van der Waals surface area contributed by atoms with E-state index in [1.54, 1.807) is 36.4 Å². The summed E-state index contributed by atoms with van der Waals surface area (Å²) in [5, 5.41) is 2.97. The van der Waals surface area contributed by atoms with Gasteiger partial charge < -0.3 is 10.1 Å². The summed E-state index contributed by atoms with van der Waals surface area (Å²) in [4.78, 5) is 13.4. The number of para-hydroxylation sites is 1. The fourth-order valence-corrected chi connectivity index (χ4v) is 5.62. The van der Waals surface area contributed by atoms with E-state index in [0.717, 1.165) is 18.4 Å². The summed E-state index contributed by atoms with van der Waals surface area (Å²) in [5.74, 6) is 0.247. The second-order valence-corrected chi connectivity index (χ2v) is 10.9. The minimum absolute atomic E-state index is 0.0763. The van der Waals surface area contributed by atoms with Crippen LogP contribution in [0.2, 0.25) is 0 Å². The molecule has 0 aliphatic rings. The maximum Gasteiger partial charge on any atom is 0.264 e. The molecular formula is C31H32N2O4S. The summed E-state index contributed by atoms with van der Waals surface area (Å²) in [6.45, 7) is 2.61. The first-order valence-electron chi connectivity index (χ1n) is 12.5. The van der Waals surface area contributed by atoms with Gasteiger partial charge >= 0.3 is 0 Å². The average Bonchev–Trinajstić information content (AvgIpc) is 2.95. The summed E-state index contributed by atoms with van der Waals surface area (Å²) in [7, 11) is -2.47. The van der Waals surface area contributed by atoms with Gasteiger partial charge in [0.15, 0.2) is 0 Å². The lowest BCUT2D eigenvalue weighted by Gasteiger charge is -2.26. The van der Waals surface area contributed by atoms with Crippen molar-refractivity contribution in [3.8, 4) is 5.75 Å². The Morgan fingerprint density at radius 1 is 0.816 bits per heavy atom. The number of anilines is 1. The summed E-state index contributed by atoms with van der Waals surface area (Å²) in [6, 6.07) is 30.7. The zero-order valence-corrected chi connectivity index (χ0v) is 22.4. The molecule has 0 unspecified atom stereocenters. The first-order chi connectivity index (χ1) is 18.4. The smallest absolute Gasteiger partial charge is 0.264 e. The molecule has 0 bridgehead atoms. The molecule has 4 aromatic rings. The lowest BCUT2D eigenvalue weighted by atomic mass is 10.1. The number of benzene rings is 4. The molecular weight excluding hydrogens is 496 g/mol. The van der Waals surface area contributed by atoms with E-state index in [9.17, 15) is 13.2 Å². The monoisotopic (exact) mass is 528 g/mol. The van der Waals surface area contributed by atoms with E-state index in [-0.39, 0.29) is 17.3 Å². The highest BCUT2D eigenvalue weighted by atomic mass is 32.2. The van der Waals surface area contributed by atoms with Gasteiger partial charge in [0.05, 0.1) is 29.8 Å². The van der Waals surface area contributed by atoms with Gasteiger partial charge in [0.1, 0.15) is 5.75 Å². The van der Waals surface area contributed by atoms with E-state index in [1.807, 2.05) is 30.3 Å². The van der Waals surface area contributed by atoms with Crippen molar-refractivity contribution < 1.29 is 17.9 Å². The van der Waals surface area contributed by atoms with E-state index in [0.29, 0.717) is 23.5 Å². The van der Waals surface area contributed by atoms with Crippen LogP contribution >= 0.6 is 0 Å².